The summed E-state index contributed by atoms with van der Waals surface area (Å²) in [6.45, 7) is 20.6. The average molecular weight is 683 g/mol. The maximum absolute atomic E-state index is 13.2. The number of rotatable bonds is 8. The Bertz CT molecular complexity index is 1590. The van der Waals surface area contributed by atoms with Gasteiger partial charge in [0.05, 0.1) is 6.61 Å². The molecule has 10 atom stereocenters. The van der Waals surface area contributed by atoms with Crippen molar-refractivity contribution in [2.45, 2.75) is 125 Å². The van der Waals surface area contributed by atoms with E-state index in [9.17, 15) is 9.59 Å². The number of hydrogen-bond acceptors (Lipinski definition) is 4. The first-order valence-corrected chi connectivity index (χ1v) is 19.6. The molecular formula is C44H62N2O4+2. The Kier molecular flexibility index (Phi) is 9.12. The van der Waals surface area contributed by atoms with Gasteiger partial charge in [-0.15, -0.1) is 0 Å². The van der Waals surface area contributed by atoms with Crippen molar-refractivity contribution in [3.8, 4) is 0 Å². The number of esters is 2. The number of carbonyl (C=O) groups excluding carboxylic acids is 2. The maximum Gasteiger partial charge on any atom is 0.372 e. The van der Waals surface area contributed by atoms with Gasteiger partial charge >= 0.3 is 11.9 Å². The monoisotopic (exact) mass is 682 g/mol. The van der Waals surface area contributed by atoms with E-state index in [1.807, 2.05) is 70.3 Å². The molecule has 6 heteroatoms. The molecule has 0 saturated heterocycles. The normalized spacial score (nSPS) is 40.0. The van der Waals surface area contributed by atoms with Gasteiger partial charge in [-0.1, -0.05) is 58.9 Å². The SMILES string of the molecule is C=C(C)[C@@H]1CC[C@]2(COC(=O)C[n+]3ccccc3)CC[C@]3(C)C(CCC4[C@@]5(C)CC[C@H](OC(=O)C[n+]6ccccc6)C(C)(C)C5CC[C@]43C)C12. The van der Waals surface area contributed by atoms with Crippen molar-refractivity contribution in [1.82, 2.24) is 0 Å². The molecule has 2 heterocycles. The second kappa shape index (κ2) is 12.9. The Morgan fingerprint density at radius 2 is 1.34 bits per heavy atom. The number of ether oxygens (including phenoxy) is 2. The molecule has 50 heavy (non-hydrogen) atoms. The molecule has 0 amide bonds. The van der Waals surface area contributed by atoms with Gasteiger partial charge in [0, 0.05) is 35.1 Å². The first-order chi connectivity index (χ1) is 23.7. The van der Waals surface area contributed by atoms with E-state index in [0.29, 0.717) is 36.2 Å². The lowest BCUT2D eigenvalue weighted by atomic mass is 9.32. The van der Waals surface area contributed by atoms with Gasteiger partial charge in [-0.2, -0.15) is 9.13 Å². The quantitative estimate of drug-likeness (QED) is 0.161. The van der Waals surface area contributed by atoms with E-state index in [-0.39, 0.29) is 58.2 Å². The van der Waals surface area contributed by atoms with E-state index in [2.05, 4.69) is 48.1 Å². The first kappa shape index (κ1) is 35.4. The summed E-state index contributed by atoms with van der Waals surface area (Å²) < 4.78 is 16.4. The summed E-state index contributed by atoms with van der Waals surface area (Å²) >= 11 is 0. The van der Waals surface area contributed by atoms with Gasteiger partial charge in [0.25, 0.3) is 0 Å². The van der Waals surface area contributed by atoms with Crippen molar-refractivity contribution in [2.75, 3.05) is 6.61 Å². The topological polar surface area (TPSA) is 60.4 Å². The molecule has 0 bridgehead atoms. The minimum Gasteiger partial charge on any atom is -0.460 e. The van der Waals surface area contributed by atoms with Gasteiger partial charge in [-0.3, -0.25) is 0 Å². The number of carbonyl (C=O) groups is 2. The molecule has 0 aromatic carbocycles. The predicted octanol–water partition coefficient (Wildman–Crippen LogP) is 8.07. The van der Waals surface area contributed by atoms with Crippen LogP contribution in [0.3, 0.4) is 0 Å². The summed E-state index contributed by atoms with van der Waals surface area (Å²) in [5.41, 5.74) is 1.94. The van der Waals surface area contributed by atoms with Crippen LogP contribution < -0.4 is 9.13 Å². The van der Waals surface area contributed by atoms with E-state index < -0.39 is 0 Å². The van der Waals surface area contributed by atoms with Gasteiger partial charge in [0.2, 0.25) is 13.1 Å². The zero-order chi connectivity index (χ0) is 35.5. The average Bonchev–Trinajstić information content (AvgIpc) is 3.47. The fraction of sp³-hybridized carbons (Fsp3) is 0.682. The summed E-state index contributed by atoms with van der Waals surface area (Å²) in [6, 6.07) is 11.8. The van der Waals surface area contributed by atoms with Crippen molar-refractivity contribution < 1.29 is 28.2 Å². The van der Waals surface area contributed by atoms with Gasteiger partial charge in [-0.25, -0.2) is 9.59 Å². The minimum absolute atomic E-state index is 0.0388. The molecule has 5 fully saturated rings. The molecule has 5 aliphatic carbocycles. The van der Waals surface area contributed by atoms with Crippen molar-refractivity contribution in [3.63, 3.8) is 0 Å². The van der Waals surface area contributed by atoms with E-state index in [4.69, 9.17) is 9.47 Å². The van der Waals surface area contributed by atoms with E-state index in [0.717, 1.165) is 32.1 Å². The molecule has 0 N–H and O–H groups in total. The van der Waals surface area contributed by atoms with Crippen LogP contribution in [-0.2, 0) is 32.2 Å². The number of pyridine rings is 2. The Labute approximate surface area is 301 Å². The van der Waals surface area contributed by atoms with Crippen LogP contribution in [0.4, 0.5) is 0 Å². The number of allylic oxidation sites excluding steroid dienone is 1. The molecule has 0 spiro atoms. The van der Waals surface area contributed by atoms with E-state index in [1.165, 1.54) is 37.7 Å². The van der Waals surface area contributed by atoms with Crippen molar-refractivity contribution >= 4 is 11.9 Å². The molecule has 5 aliphatic rings. The number of nitrogens with zero attached hydrogens (tertiary/aromatic N) is 2. The van der Waals surface area contributed by atoms with Crippen LogP contribution in [0.15, 0.2) is 73.3 Å². The Balaban J connectivity index is 1.10. The van der Waals surface area contributed by atoms with Crippen LogP contribution in [0.25, 0.3) is 0 Å². The van der Waals surface area contributed by atoms with Gasteiger partial charge < -0.3 is 9.47 Å². The third-order valence-corrected chi connectivity index (χ3v) is 16.2. The summed E-state index contributed by atoms with van der Waals surface area (Å²) in [6.07, 6.45) is 19.3. The second-order valence-corrected chi connectivity index (χ2v) is 18.6. The molecule has 4 unspecified atom stereocenters. The lowest BCUT2D eigenvalue weighted by Crippen LogP contribution is -2.67. The number of fused-ring (bicyclic) bond motifs is 7. The molecule has 270 valence electrons. The fourth-order valence-corrected chi connectivity index (χ4v) is 13.6. The molecule has 5 saturated carbocycles. The lowest BCUT2D eigenvalue weighted by Gasteiger charge is -2.73. The van der Waals surface area contributed by atoms with Crippen molar-refractivity contribution in [1.29, 1.82) is 0 Å². The molecule has 2 aromatic heterocycles. The highest BCUT2D eigenvalue weighted by atomic mass is 16.5. The van der Waals surface area contributed by atoms with Crippen molar-refractivity contribution in [2.24, 2.45) is 56.7 Å². The number of hydrogen-bond donors (Lipinski definition) is 0. The number of aromatic nitrogens is 2. The highest BCUT2D eigenvalue weighted by Crippen LogP contribution is 2.77. The molecule has 2 aromatic rings. The lowest BCUT2D eigenvalue weighted by molar-refractivity contribution is -0.686. The van der Waals surface area contributed by atoms with Crippen LogP contribution in [0.2, 0.25) is 0 Å². The largest absolute Gasteiger partial charge is 0.460 e. The minimum atomic E-state index is -0.133. The fourth-order valence-electron chi connectivity index (χ4n) is 13.6. The third-order valence-electron chi connectivity index (χ3n) is 16.2. The summed E-state index contributed by atoms with van der Waals surface area (Å²) in [7, 11) is 0. The van der Waals surface area contributed by atoms with Crippen molar-refractivity contribution in [3.05, 3.63) is 73.3 Å². The van der Waals surface area contributed by atoms with Crippen LogP contribution in [-0.4, -0.2) is 24.6 Å². The molecule has 6 nitrogen and oxygen atoms in total. The Morgan fingerprint density at radius 1 is 0.700 bits per heavy atom. The van der Waals surface area contributed by atoms with Gasteiger partial charge in [-0.05, 0) is 117 Å². The standard InChI is InChI=1S/C44H62N2O4/c1-31(2)32-16-21-44(30-49-37(47)28-45-24-10-8-11-25-45)23-22-42(6)33(39(32)44)14-15-35-41(5)19-18-36(40(3,4)34(41)17-20-43(35,42)7)50-38(48)29-46-26-12-9-13-27-46/h8-13,24-27,32-36,39H,1,14-23,28-30H2,2-7H3/q+2/t32-,33?,34?,35?,36-,39?,41-,42+,43+,44+/m0/s1. The molecule has 0 aliphatic heterocycles. The Hall–Kier alpha value is -3.02. The van der Waals surface area contributed by atoms with Crippen LogP contribution in [0, 0.1) is 56.7 Å². The summed E-state index contributed by atoms with van der Waals surface area (Å²) in [5.74, 6) is 2.50. The first-order valence-electron chi connectivity index (χ1n) is 19.6. The zero-order valence-electron chi connectivity index (χ0n) is 31.7. The van der Waals surface area contributed by atoms with Crippen LogP contribution in [0.1, 0.15) is 106 Å². The van der Waals surface area contributed by atoms with Crippen LogP contribution in [0.5, 0.6) is 0 Å². The van der Waals surface area contributed by atoms with Gasteiger partial charge in [0.1, 0.15) is 6.10 Å². The third kappa shape index (κ3) is 5.66. The Morgan fingerprint density at radius 3 is 1.98 bits per heavy atom. The highest BCUT2D eigenvalue weighted by Gasteiger charge is 2.71. The maximum atomic E-state index is 13.2. The van der Waals surface area contributed by atoms with E-state index in [1.54, 1.807) is 0 Å². The van der Waals surface area contributed by atoms with Crippen LogP contribution >= 0.6 is 0 Å². The molecular weight excluding hydrogens is 620 g/mol. The van der Waals surface area contributed by atoms with E-state index >= 15 is 0 Å². The zero-order valence-corrected chi connectivity index (χ0v) is 31.7. The highest BCUT2D eigenvalue weighted by molar-refractivity contribution is 5.68. The molecule has 0 radical (unpaired) electrons. The molecule has 7 rings (SSSR count). The predicted molar refractivity (Wildman–Crippen MR) is 193 cm³/mol. The summed E-state index contributed by atoms with van der Waals surface area (Å²) in [5, 5.41) is 0. The summed E-state index contributed by atoms with van der Waals surface area (Å²) in [4.78, 5) is 26.3. The van der Waals surface area contributed by atoms with Gasteiger partial charge in [0.15, 0.2) is 24.8 Å². The smallest absolute Gasteiger partial charge is 0.372 e. The second-order valence-electron chi connectivity index (χ2n) is 18.6.